The highest BCUT2D eigenvalue weighted by Gasteiger charge is 2.41. The van der Waals surface area contributed by atoms with Crippen LogP contribution in [0.3, 0.4) is 0 Å². The Hall–Kier alpha value is -2.93. The van der Waals surface area contributed by atoms with Crippen molar-refractivity contribution in [1.29, 1.82) is 0 Å². The number of nitrogens with one attached hydrogen (secondary N) is 2. The Kier molecular flexibility index (Phi) is 4.30. The Morgan fingerprint density at radius 2 is 2.08 bits per heavy atom. The van der Waals surface area contributed by atoms with Gasteiger partial charge in [0.15, 0.2) is 0 Å². The second-order valence-electron chi connectivity index (χ2n) is 6.21. The SMILES string of the molecule is C[C@H]1Nc2ncnn2[C@@H](c2cccnc2)[C@H]1C(=O)Nc1ccc(Cl)cc1. The molecule has 0 radical (unpaired) electrons. The maximum Gasteiger partial charge on any atom is 0.232 e. The number of fused-ring (bicyclic) bond motifs is 1. The molecule has 0 saturated carbocycles. The number of hydrogen-bond acceptors (Lipinski definition) is 5. The first-order chi connectivity index (χ1) is 12.6. The average molecular weight is 369 g/mol. The van der Waals surface area contributed by atoms with Crippen molar-refractivity contribution in [3.63, 3.8) is 0 Å². The van der Waals surface area contributed by atoms with E-state index in [0.717, 1.165) is 5.56 Å². The summed E-state index contributed by atoms with van der Waals surface area (Å²) in [5.74, 6) is 0.133. The van der Waals surface area contributed by atoms with Crippen LogP contribution in [-0.2, 0) is 4.79 Å². The van der Waals surface area contributed by atoms with Crippen LogP contribution in [0.1, 0.15) is 18.5 Å². The molecule has 1 aromatic carbocycles. The Bertz CT molecular complexity index is 911. The van der Waals surface area contributed by atoms with Gasteiger partial charge in [-0.3, -0.25) is 9.78 Å². The van der Waals surface area contributed by atoms with Gasteiger partial charge < -0.3 is 10.6 Å². The summed E-state index contributed by atoms with van der Waals surface area (Å²) in [5, 5.41) is 11.2. The largest absolute Gasteiger partial charge is 0.351 e. The molecule has 0 fully saturated rings. The lowest BCUT2D eigenvalue weighted by Crippen LogP contribution is -2.46. The van der Waals surface area contributed by atoms with Crippen LogP contribution in [0.2, 0.25) is 5.02 Å². The summed E-state index contributed by atoms with van der Waals surface area (Å²) >= 11 is 5.92. The van der Waals surface area contributed by atoms with Gasteiger partial charge in [0, 0.05) is 29.1 Å². The van der Waals surface area contributed by atoms with Gasteiger partial charge in [-0.05, 0) is 42.8 Å². The number of halogens is 1. The monoisotopic (exact) mass is 368 g/mol. The van der Waals surface area contributed by atoms with Crippen LogP contribution in [0, 0.1) is 5.92 Å². The molecule has 2 N–H and O–H groups in total. The summed E-state index contributed by atoms with van der Waals surface area (Å²) in [4.78, 5) is 21.6. The maximum atomic E-state index is 13.1. The first-order valence-corrected chi connectivity index (χ1v) is 8.63. The summed E-state index contributed by atoms with van der Waals surface area (Å²) in [7, 11) is 0. The minimum absolute atomic E-state index is 0.109. The second-order valence-corrected chi connectivity index (χ2v) is 6.65. The Balaban J connectivity index is 1.70. The van der Waals surface area contributed by atoms with Crippen LogP contribution in [0.25, 0.3) is 0 Å². The second kappa shape index (κ2) is 6.76. The Morgan fingerprint density at radius 3 is 2.81 bits per heavy atom. The lowest BCUT2D eigenvalue weighted by molar-refractivity contribution is -0.121. The van der Waals surface area contributed by atoms with Gasteiger partial charge in [-0.15, -0.1) is 0 Å². The van der Waals surface area contributed by atoms with E-state index in [0.29, 0.717) is 16.7 Å². The van der Waals surface area contributed by atoms with E-state index >= 15 is 0 Å². The molecule has 1 amide bonds. The maximum absolute atomic E-state index is 13.1. The van der Waals surface area contributed by atoms with Crippen LogP contribution in [0.4, 0.5) is 11.6 Å². The van der Waals surface area contributed by atoms with Gasteiger partial charge in [0.25, 0.3) is 0 Å². The molecule has 2 aromatic heterocycles. The molecule has 4 rings (SSSR count). The average Bonchev–Trinajstić information content (AvgIpc) is 3.11. The van der Waals surface area contributed by atoms with Crippen molar-refractivity contribution in [3.8, 4) is 0 Å². The van der Waals surface area contributed by atoms with Crippen molar-refractivity contribution in [1.82, 2.24) is 19.7 Å². The van der Waals surface area contributed by atoms with E-state index in [2.05, 4.69) is 25.7 Å². The van der Waals surface area contributed by atoms with Gasteiger partial charge in [0.1, 0.15) is 6.33 Å². The molecular formula is C18H17ClN6O. The number of benzene rings is 1. The van der Waals surface area contributed by atoms with Gasteiger partial charge in [0.05, 0.1) is 12.0 Å². The summed E-state index contributed by atoms with van der Waals surface area (Å²) in [5.41, 5.74) is 1.60. The van der Waals surface area contributed by atoms with E-state index < -0.39 is 5.92 Å². The molecular weight excluding hydrogens is 352 g/mol. The zero-order valence-electron chi connectivity index (χ0n) is 14.0. The number of nitrogens with zero attached hydrogens (tertiary/aromatic N) is 4. The summed E-state index contributed by atoms with van der Waals surface area (Å²) in [6, 6.07) is 10.4. The van der Waals surface area contributed by atoms with Gasteiger partial charge >= 0.3 is 0 Å². The van der Waals surface area contributed by atoms with Crippen molar-refractivity contribution >= 4 is 29.1 Å². The first-order valence-electron chi connectivity index (χ1n) is 8.26. The predicted octanol–water partition coefficient (Wildman–Crippen LogP) is 2.98. The number of pyridine rings is 1. The number of carbonyl (C=O) groups is 1. The van der Waals surface area contributed by atoms with Crippen LogP contribution in [-0.4, -0.2) is 31.7 Å². The molecule has 0 saturated heterocycles. The fraction of sp³-hybridized carbons (Fsp3) is 0.222. The molecule has 132 valence electrons. The molecule has 0 unspecified atom stereocenters. The molecule has 3 aromatic rings. The standard InChI is InChI=1S/C18H17ClN6O/c1-11-15(17(26)24-14-6-4-13(19)5-7-14)16(12-3-2-8-20-9-12)25-18(23-11)21-10-22-25/h2-11,15-16H,1H3,(H,24,26)(H,21,22,23)/t11-,15+,16+/m1/s1. The number of hydrogen-bond donors (Lipinski definition) is 2. The minimum atomic E-state index is -0.399. The van der Waals surface area contributed by atoms with Gasteiger partial charge in [-0.2, -0.15) is 10.1 Å². The van der Waals surface area contributed by atoms with Gasteiger partial charge in [0.2, 0.25) is 11.9 Å². The molecule has 3 atom stereocenters. The Morgan fingerprint density at radius 1 is 1.27 bits per heavy atom. The van der Waals surface area contributed by atoms with Crippen LogP contribution < -0.4 is 10.6 Å². The third-order valence-corrected chi connectivity index (χ3v) is 4.76. The number of carbonyl (C=O) groups excluding carboxylic acids is 1. The molecule has 1 aliphatic heterocycles. The van der Waals surface area contributed by atoms with Crippen molar-refractivity contribution in [2.75, 3.05) is 10.6 Å². The smallest absolute Gasteiger partial charge is 0.232 e. The fourth-order valence-electron chi connectivity index (χ4n) is 3.30. The van der Waals surface area contributed by atoms with E-state index in [9.17, 15) is 4.79 Å². The van der Waals surface area contributed by atoms with Gasteiger partial charge in [-0.1, -0.05) is 17.7 Å². The highest BCUT2D eigenvalue weighted by Crippen LogP contribution is 2.36. The van der Waals surface area contributed by atoms with Crippen molar-refractivity contribution in [2.24, 2.45) is 5.92 Å². The van der Waals surface area contributed by atoms with Crippen molar-refractivity contribution in [3.05, 3.63) is 65.7 Å². The number of rotatable bonds is 3. The summed E-state index contributed by atoms with van der Waals surface area (Å²) in [6.07, 6.45) is 4.95. The van der Waals surface area contributed by atoms with E-state index in [-0.39, 0.29) is 18.0 Å². The number of aromatic nitrogens is 4. The zero-order chi connectivity index (χ0) is 18.1. The molecule has 0 spiro atoms. The quantitative estimate of drug-likeness (QED) is 0.742. The molecule has 26 heavy (non-hydrogen) atoms. The minimum Gasteiger partial charge on any atom is -0.351 e. The van der Waals surface area contributed by atoms with Crippen molar-refractivity contribution < 1.29 is 4.79 Å². The lowest BCUT2D eigenvalue weighted by atomic mass is 9.86. The van der Waals surface area contributed by atoms with E-state index in [4.69, 9.17) is 11.6 Å². The van der Waals surface area contributed by atoms with Gasteiger partial charge in [-0.25, -0.2) is 4.68 Å². The predicted molar refractivity (Wildman–Crippen MR) is 99.1 cm³/mol. The molecule has 1 aliphatic rings. The third-order valence-electron chi connectivity index (χ3n) is 4.51. The zero-order valence-corrected chi connectivity index (χ0v) is 14.8. The third kappa shape index (κ3) is 3.01. The molecule has 0 aliphatic carbocycles. The number of anilines is 2. The summed E-state index contributed by atoms with van der Waals surface area (Å²) in [6.45, 7) is 1.97. The molecule has 7 nitrogen and oxygen atoms in total. The van der Waals surface area contributed by atoms with E-state index in [1.807, 2.05) is 19.1 Å². The highest BCUT2D eigenvalue weighted by molar-refractivity contribution is 6.30. The molecule has 8 heteroatoms. The summed E-state index contributed by atoms with van der Waals surface area (Å²) < 4.78 is 1.74. The van der Waals surface area contributed by atoms with E-state index in [1.54, 1.807) is 41.3 Å². The number of amides is 1. The Labute approximate surface area is 155 Å². The van der Waals surface area contributed by atoms with Crippen LogP contribution in [0.5, 0.6) is 0 Å². The molecule has 3 heterocycles. The first kappa shape index (κ1) is 16.5. The fourth-order valence-corrected chi connectivity index (χ4v) is 3.43. The lowest BCUT2D eigenvalue weighted by Gasteiger charge is -2.36. The molecule has 0 bridgehead atoms. The van der Waals surface area contributed by atoms with E-state index in [1.165, 1.54) is 6.33 Å². The normalized spacial score (nSPS) is 21.5. The van der Waals surface area contributed by atoms with Crippen molar-refractivity contribution in [2.45, 2.75) is 19.0 Å². The highest BCUT2D eigenvalue weighted by atomic mass is 35.5. The van der Waals surface area contributed by atoms with Crippen LogP contribution >= 0.6 is 11.6 Å². The topological polar surface area (TPSA) is 84.7 Å². The van der Waals surface area contributed by atoms with Crippen LogP contribution in [0.15, 0.2) is 55.1 Å².